The van der Waals surface area contributed by atoms with E-state index in [0.29, 0.717) is 12.1 Å². The first kappa shape index (κ1) is 17.5. The molecule has 2 fully saturated rings. The third kappa shape index (κ3) is 3.51. The molecule has 0 aromatic heterocycles. The standard InChI is InChI=1S/C18H26BNO4/c1-17(2)18(3,4)24-19(23-17)14-9-7-13(8-10-14)16(21)20-12-15-6-5-11-22-15/h7-10,15H,5-6,11-12H2,1-4H3,(H,20,21)/t15-/m0/s1. The molecule has 1 aromatic rings. The van der Waals surface area contributed by atoms with Gasteiger partial charge >= 0.3 is 7.12 Å². The largest absolute Gasteiger partial charge is 0.494 e. The van der Waals surface area contributed by atoms with Crippen LogP contribution in [-0.2, 0) is 14.0 Å². The van der Waals surface area contributed by atoms with E-state index in [1.54, 1.807) is 0 Å². The van der Waals surface area contributed by atoms with E-state index in [1.807, 2.05) is 52.0 Å². The van der Waals surface area contributed by atoms with Gasteiger partial charge in [0.1, 0.15) is 0 Å². The molecule has 1 aromatic carbocycles. The zero-order chi connectivity index (χ0) is 17.4. The molecule has 2 aliphatic heterocycles. The predicted molar refractivity (Wildman–Crippen MR) is 93.5 cm³/mol. The van der Waals surface area contributed by atoms with Gasteiger partial charge in [0, 0.05) is 18.7 Å². The molecule has 0 bridgehead atoms. The van der Waals surface area contributed by atoms with E-state index in [-0.39, 0.29) is 23.2 Å². The molecule has 130 valence electrons. The number of hydrogen-bond donors (Lipinski definition) is 1. The number of carbonyl (C=O) groups excluding carboxylic acids is 1. The van der Waals surface area contributed by atoms with Crippen LogP contribution in [0.15, 0.2) is 24.3 Å². The Morgan fingerprint density at radius 1 is 1.17 bits per heavy atom. The molecule has 3 rings (SSSR count). The summed E-state index contributed by atoms with van der Waals surface area (Å²) in [7, 11) is -0.404. The fraction of sp³-hybridized carbons (Fsp3) is 0.611. The van der Waals surface area contributed by atoms with Crippen molar-refractivity contribution in [2.45, 2.75) is 57.8 Å². The van der Waals surface area contributed by atoms with Crippen LogP contribution in [0.25, 0.3) is 0 Å². The molecule has 0 radical (unpaired) electrons. The number of rotatable bonds is 4. The van der Waals surface area contributed by atoms with Crippen molar-refractivity contribution in [2.24, 2.45) is 0 Å². The highest BCUT2D eigenvalue weighted by Crippen LogP contribution is 2.36. The van der Waals surface area contributed by atoms with Crippen molar-refractivity contribution in [1.82, 2.24) is 5.32 Å². The van der Waals surface area contributed by atoms with Crippen molar-refractivity contribution in [2.75, 3.05) is 13.2 Å². The van der Waals surface area contributed by atoms with E-state index in [2.05, 4.69) is 5.32 Å². The van der Waals surface area contributed by atoms with Crippen LogP contribution in [0, 0.1) is 0 Å². The number of amides is 1. The van der Waals surface area contributed by atoms with Crippen molar-refractivity contribution in [3.8, 4) is 0 Å². The van der Waals surface area contributed by atoms with Gasteiger partial charge in [-0.25, -0.2) is 0 Å². The number of carbonyl (C=O) groups is 1. The molecular formula is C18H26BNO4. The average molecular weight is 331 g/mol. The molecule has 2 aliphatic rings. The van der Waals surface area contributed by atoms with Gasteiger partial charge in [-0.05, 0) is 58.1 Å². The van der Waals surface area contributed by atoms with Crippen molar-refractivity contribution in [3.63, 3.8) is 0 Å². The fourth-order valence-corrected chi connectivity index (χ4v) is 2.88. The van der Waals surface area contributed by atoms with Crippen molar-refractivity contribution < 1.29 is 18.8 Å². The van der Waals surface area contributed by atoms with E-state index < -0.39 is 7.12 Å². The lowest BCUT2D eigenvalue weighted by Crippen LogP contribution is -2.41. The van der Waals surface area contributed by atoms with Gasteiger partial charge in [-0.3, -0.25) is 4.79 Å². The zero-order valence-electron chi connectivity index (χ0n) is 14.9. The van der Waals surface area contributed by atoms with Crippen LogP contribution < -0.4 is 10.8 Å². The van der Waals surface area contributed by atoms with Crippen LogP contribution in [0.3, 0.4) is 0 Å². The van der Waals surface area contributed by atoms with Gasteiger partial charge < -0.3 is 19.4 Å². The molecule has 0 saturated carbocycles. The Bertz CT molecular complexity index is 578. The molecule has 1 amide bonds. The van der Waals surface area contributed by atoms with Crippen molar-refractivity contribution in [1.29, 1.82) is 0 Å². The summed E-state index contributed by atoms with van der Waals surface area (Å²) in [5.74, 6) is -0.0778. The van der Waals surface area contributed by atoms with E-state index in [9.17, 15) is 4.79 Å². The van der Waals surface area contributed by atoms with Crippen LogP contribution in [0.2, 0.25) is 0 Å². The lowest BCUT2D eigenvalue weighted by molar-refractivity contribution is 0.00578. The summed E-state index contributed by atoms with van der Waals surface area (Å²) in [6.45, 7) is 9.47. The molecule has 2 heterocycles. The lowest BCUT2D eigenvalue weighted by Gasteiger charge is -2.32. The lowest BCUT2D eigenvalue weighted by atomic mass is 9.79. The monoisotopic (exact) mass is 331 g/mol. The second-order valence-electron chi connectivity index (χ2n) is 7.56. The van der Waals surface area contributed by atoms with Gasteiger partial charge in [-0.1, -0.05) is 12.1 Å². The highest BCUT2D eigenvalue weighted by Gasteiger charge is 2.51. The molecule has 1 atom stereocenters. The van der Waals surface area contributed by atoms with Gasteiger partial charge in [-0.2, -0.15) is 0 Å². The first-order chi connectivity index (χ1) is 11.3. The zero-order valence-corrected chi connectivity index (χ0v) is 14.9. The quantitative estimate of drug-likeness (QED) is 0.856. The third-order valence-corrected chi connectivity index (χ3v) is 5.21. The van der Waals surface area contributed by atoms with Crippen molar-refractivity contribution >= 4 is 18.5 Å². The normalized spacial score (nSPS) is 25.0. The molecular weight excluding hydrogens is 305 g/mol. The van der Waals surface area contributed by atoms with Crippen LogP contribution in [0.4, 0.5) is 0 Å². The van der Waals surface area contributed by atoms with E-state index in [4.69, 9.17) is 14.0 Å². The second-order valence-corrected chi connectivity index (χ2v) is 7.56. The number of ether oxygens (including phenoxy) is 1. The minimum Gasteiger partial charge on any atom is -0.399 e. The Morgan fingerprint density at radius 2 is 1.79 bits per heavy atom. The highest BCUT2D eigenvalue weighted by molar-refractivity contribution is 6.62. The third-order valence-electron chi connectivity index (χ3n) is 5.21. The predicted octanol–water partition coefficient (Wildman–Crippen LogP) is 1.89. The first-order valence-electron chi connectivity index (χ1n) is 8.64. The Hall–Kier alpha value is -1.37. The molecule has 2 saturated heterocycles. The summed E-state index contributed by atoms with van der Waals surface area (Å²) in [5, 5.41) is 2.93. The molecule has 0 unspecified atom stereocenters. The minimum absolute atomic E-state index is 0.0778. The number of benzene rings is 1. The number of nitrogens with one attached hydrogen (secondary N) is 1. The molecule has 1 N–H and O–H groups in total. The van der Waals surface area contributed by atoms with Gasteiger partial charge in [0.25, 0.3) is 5.91 Å². The van der Waals surface area contributed by atoms with Crippen LogP contribution in [0.1, 0.15) is 50.9 Å². The summed E-state index contributed by atoms with van der Waals surface area (Å²) < 4.78 is 17.6. The second kappa shape index (κ2) is 6.50. The van der Waals surface area contributed by atoms with Crippen LogP contribution in [-0.4, -0.2) is 43.5 Å². The van der Waals surface area contributed by atoms with Crippen molar-refractivity contribution in [3.05, 3.63) is 29.8 Å². The van der Waals surface area contributed by atoms with E-state index in [1.165, 1.54) is 0 Å². The Labute approximate surface area is 144 Å². The highest BCUT2D eigenvalue weighted by atomic mass is 16.7. The summed E-state index contributed by atoms with van der Waals surface area (Å²) in [6, 6.07) is 7.41. The molecule has 24 heavy (non-hydrogen) atoms. The molecule has 6 heteroatoms. The molecule has 0 aliphatic carbocycles. The Balaban J connectivity index is 1.60. The maximum atomic E-state index is 12.2. The minimum atomic E-state index is -0.404. The average Bonchev–Trinajstić information content (AvgIpc) is 3.11. The van der Waals surface area contributed by atoms with E-state index >= 15 is 0 Å². The fourth-order valence-electron chi connectivity index (χ4n) is 2.88. The van der Waals surface area contributed by atoms with Crippen LogP contribution >= 0.6 is 0 Å². The molecule has 5 nitrogen and oxygen atoms in total. The summed E-state index contributed by atoms with van der Waals surface area (Å²) in [5.41, 5.74) is 0.821. The van der Waals surface area contributed by atoms with Crippen LogP contribution in [0.5, 0.6) is 0 Å². The smallest absolute Gasteiger partial charge is 0.399 e. The first-order valence-corrected chi connectivity index (χ1v) is 8.64. The van der Waals surface area contributed by atoms with Gasteiger partial charge in [0.05, 0.1) is 17.3 Å². The summed E-state index contributed by atoms with van der Waals surface area (Å²) in [6.07, 6.45) is 2.24. The Morgan fingerprint density at radius 3 is 2.33 bits per heavy atom. The van der Waals surface area contributed by atoms with Gasteiger partial charge in [0.15, 0.2) is 0 Å². The summed E-state index contributed by atoms with van der Waals surface area (Å²) >= 11 is 0. The van der Waals surface area contributed by atoms with Gasteiger partial charge in [-0.15, -0.1) is 0 Å². The SMILES string of the molecule is CC1(C)OB(c2ccc(C(=O)NC[C@@H]3CCCO3)cc2)OC1(C)C. The topological polar surface area (TPSA) is 56.8 Å². The van der Waals surface area contributed by atoms with E-state index in [0.717, 1.165) is 24.9 Å². The van der Waals surface area contributed by atoms with Gasteiger partial charge in [0.2, 0.25) is 0 Å². The Kier molecular flexibility index (Phi) is 4.73. The number of hydrogen-bond acceptors (Lipinski definition) is 4. The summed E-state index contributed by atoms with van der Waals surface area (Å²) in [4.78, 5) is 12.2. The molecule has 0 spiro atoms. The maximum absolute atomic E-state index is 12.2. The maximum Gasteiger partial charge on any atom is 0.494 e.